The van der Waals surface area contributed by atoms with Gasteiger partial charge in [-0.3, -0.25) is 4.79 Å². The van der Waals surface area contributed by atoms with Crippen molar-refractivity contribution < 1.29 is 22.4 Å². The number of nitrogens with one attached hydrogen (secondary N) is 1. The minimum Gasteiger partial charge on any atom is -0.455 e. The number of aromatic nitrogens is 5. The second-order valence-electron chi connectivity index (χ2n) is 6.91. The number of imidazole rings is 1. The monoisotopic (exact) mass is 416 g/mol. The van der Waals surface area contributed by atoms with Crippen LogP contribution in [0.4, 0.5) is 13.2 Å². The smallest absolute Gasteiger partial charge is 0.299 e. The highest BCUT2D eigenvalue weighted by Crippen LogP contribution is 2.39. The van der Waals surface area contributed by atoms with Gasteiger partial charge < -0.3 is 14.3 Å². The first kappa shape index (κ1) is 18.4. The highest BCUT2D eigenvalue weighted by atomic mass is 19.3. The van der Waals surface area contributed by atoms with Crippen molar-refractivity contribution in [3.8, 4) is 0 Å². The molecule has 4 heterocycles. The molecular weight excluding hydrogens is 401 g/mol. The zero-order valence-corrected chi connectivity index (χ0v) is 15.6. The standard InChI is InChI=1S/C19H15F3N6O2/c1-27-18(25-17(26-27)16(21)22)19(29)28-7-6-10-13(24-8-23-10)14(28)15-12(20)9-4-2-3-5-11(9)30-15/h2-5,8,14,16H,6-7H2,1H3,(H,23,24)/t14-/m0/s1. The molecule has 0 radical (unpaired) electrons. The minimum atomic E-state index is -2.92. The largest absolute Gasteiger partial charge is 0.455 e. The summed E-state index contributed by atoms with van der Waals surface area (Å²) < 4.78 is 48.0. The van der Waals surface area contributed by atoms with E-state index in [0.29, 0.717) is 17.7 Å². The number of H-pyrrole nitrogens is 1. The Balaban J connectivity index is 1.64. The van der Waals surface area contributed by atoms with Crippen molar-refractivity contribution in [2.45, 2.75) is 18.9 Å². The summed E-state index contributed by atoms with van der Waals surface area (Å²) >= 11 is 0. The minimum absolute atomic E-state index is 0.0751. The van der Waals surface area contributed by atoms with Crippen LogP contribution in [-0.2, 0) is 13.5 Å². The summed E-state index contributed by atoms with van der Waals surface area (Å²) in [5.74, 6) is -2.37. The van der Waals surface area contributed by atoms with Gasteiger partial charge in [0.25, 0.3) is 12.3 Å². The van der Waals surface area contributed by atoms with E-state index in [-0.39, 0.29) is 23.5 Å². The van der Waals surface area contributed by atoms with E-state index in [1.54, 1.807) is 24.3 Å². The Morgan fingerprint density at radius 2 is 2.13 bits per heavy atom. The first-order valence-corrected chi connectivity index (χ1v) is 9.14. The van der Waals surface area contributed by atoms with Crippen molar-refractivity contribution >= 4 is 16.9 Å². The molecule has 1 atom stereocenters. The summed E-state index contributed by atoms with van der Waals surface area (Å²) in [5, 5.41) is 3.88. The first-order chi connectivity index (χ1) is 14.5. The van der Waals surface area contributed by atoms with E-state index in [9.17, 15) is 13.6 Å². The fourth-order valence-electron chi connectivity index (χ4n) is 3.78. The maximum absolute atomic E-state index is 15.2. The number of rotatable bonds is 3. The van der Waals surface area contributed by atoms with E-state index in [4.69, 9.17) is 4.42 Å². The predicted molar refractivity (Wildman–Crippen MR) is 97.3 cm³/mol. The van der Waals surface area contributed by atoms with Crippen LogP contribution in [0.5, 0.6) is 0 Å². The molecule has 30 heavy (non-hydrogen) atoms. The first-order valence-electron chi connectivity index (χ1n) is 9.14. The molecule has 0 saturated carbocycles. The number of hydrogen-bond donors (Lipinski definition) is 1. The molecule has 0 fully saturated rings. The van der Waals surface area contributed by atoms with Crippen molar-refractivity contribution in [3.63, 3.8) is 0 Å². The number of aryl methyl sites for hydroxylation is 1. The van der Waals surface area contributed by atoms with Crippen molar-refractivity contribution in [2.24, 2.45) is 7.05 Å². The molecule has 8 nitrogen and oxygen atoms in total. The summed E-state index contributed by atoms with van der Waals surface area (Å²) in [6, 6.07) is 5.62. The van der Waals surface area contributed by atoms with E-state index in [1.807, 2.05) is 0 Å². The van der Waals surface area contributed by atoms with Gasteiger partial charge in [-0.2, -0.15) is 0 Å². The normalized spacial score (nSPS) is 16.4. The maximum Gasteiger partial charge on any atom is 0.299 e. The Morgan fingerprint density at radius 3 is 2.87 bits per heavy atom. The molecular formula is C19H15F3N6O2. The van der Waals surface area contributed by atoms with Crippen LogP contribution in [0.2, 0.25) is 0 Å². The fourth-order valence-corrected chi connectivity index (χ4v) is 3.78. The van der Waals surface area contributed by atoms with Crippen molar-refractivity contribution in [3.05, 3.63) is 65.2 Å². The Morgan fingerprint density at radius 1 is 1.33 bits per heavy atom. The number of halogens is 3. The van der Waals surface area contributed by atoms with Crippen LogP contribution < -0.4 is 0 Å². The third-order valence-corrected chi connectivity index (χ3v) is 5.16. The van der Waals surface area contributed by atoms with Gasteiger partial charge in [-0.1, -0.05) is 12.1 Å². The van der Waals surface area contributed by atoms with E-state index in [0.717, 1.165) is 10.4 Å². The number of benzene rings is 1. The highest BCUT2D eigenvalue weighted by molar-refractivity contribution is 5.91. The summed E-state index contributed by atoms with van der Waals surface area (Å²) in [4.78, 5) is 25.5. The predicted octanol–water partition coefficient (Wildman–Crippen LogP) is 3.15. The Hall–Kier alpha value is -3.63. The summed E-state index contributed by atoms with van der Waals surface area (Å²) in [5.41, 5.74) is 1.51. The lowest BCUT2D eigenvalue weighted by atomic mass is 9.99. The third-order valence-electron chi connectivity index (χ3n) is 5.16. The van der Waals surface area contributed by atoms with E-state index in [2.05, 4.69) is 20.1 Å². The molecule has 0 unspecified atom stereocenters. The van der Waals surface area contributed by atoms with Gasteiger partial charge in [0.05, 0.1) is 17.4 Å². The van der Waals surface area contributed by atoms with Gasteiger partial charge in [0.15, 0.2) is 11.6 Å². The lowest BCUT2D eigenvalue weighted by molar-refractivity contribution is 0.0650. The van der Waals surface area contributed by atoms with Gasteiger partial charge in [0.1, 0.15) is 11.6 Å². The summed E-state index contributed by atoms with van der Waals surface area (Å²) in [6.45, 7) is 0.187. The Labute approximate surface area is 167 Å². The van der Waals surface area contributed by atoms with Gasteiger partial charge in [-0.05, 0) is 12.1 Å². The van der Waals surface area contributed by atoms with Crippen LogP contribution in [0, 0.1) is 5.82 Å². The van der Waals surface area contributed by atoms with Crippen LogP contribution in [0.15, 0.2) is 35.0 Å². The number of hydrogen-bond acceptors (Lipinski definition) is 5. The van der Waals surface area contributed by atoms with Crippen molar-refractivity contribution in [1.82, 2.24) is 29.6 Å². The molecule has 1 aliphatic rings. The Kier molecular flexibility index (Phi) is 4.12. The molecule has 1 aromatic carbocycles. The van der Waals surface area contributed by atoms with Gasteiger partial charge in [0.2, 0.25) is 11.6 Å². The maximum atomic E-state index is 15.2. The molecule has 0 aliphatic carbocycles. The summed E-state index contributed by atoms with van der Waals surface area (Å²) in [6.07, 6.45) is -1.02. The molecule has 1 N–H and O–H groups in total. The second-order valence-corrected chi connectivity index (χ2v) is 6.91. The van der Waals surface area contributed by atoms with E-state index in [1.165, 1.54) is 18.3 Å². The fraction of sp³-hybridized carbons (Fsp3) is 0.263. The molecule has 0 bridgehead atoms. The number of nitrogens with zero attached hydrogens (tertiary/aromatic N) is 5. The quantitative estimate of drug-likeness (QED) is 0.554. The van der Waals surface area contributed by atoms with Gasteiger partial charge in [-0.15, -0.1) is 5.10 Å². The second kappa shape index (κ2) is 6.71. The number of alkyl halides is 2. The molecule has 0 spiro atoms. The molecule has 5 rings (SSSR count). The number of aromatic amines is 1. The highest BCUT2D eigenvalue weighted by Gasteiger charge is 2.40. The van der Waals surface area contributed by atoms with Crippen molar-refractivity contribution in [1.29, 1.82) is 0 Å². The van der Waals surface area contributed by atoms with Gasteiger partial charge >= 0.3 is 0 Å². The molecule has 11 heteroatoms. The number of para-hydroxylation sites is 1. The van der Waals surface area contributed by atoms with Gasteiger partial charge in [0, 0.05) is 25.7 Å². The SMILES string of the molecule is Cn1nc(C(F)F)nc1C(=O)N1CCc2[nH]cnc2[C@H]1c1oc2ccccc2c1F. The Bertz CT molecular complexity index is 1260. The third kappa shape index (κ3) is 2.69. The van der Waals surface area contributed by atoms with E-state index < -0.39 is 30.0 Å². The van der Waals surface area contributed by atoms with Crippen LogP contribution in [0.3, 0.4) is 0 Å². The number of carbonyl (C=O) groups excluding carboxylic acids is 1. The lowest BCUT2D eigenvalue weighted by Gasteiger charge is -2.33. The zero-order chi connectivity index (χ0) is 21.0. The van der Waals surface area contributed by atoms with Gasteiger partial charge in [-0.25, -0.2) is 27.8 Å². The average molecular weight is 416 g/mol. The molecule has 1 amide bonds. The average Bonchev–Trinajstić information content (AvgIpc) is 3.44. The number of amides is 1. The number of carbonyl (C=O) groups is 1. The number of furan rings is 1. The van der Waals surface area contributed by atoms with Crippen molar-refractivity contribution in [2.75, 3.05) is 6.54 Å². The molecule has 4 aromatic rings. The van der Waals surface area contributed by atoms with E-state index >= 15 is 4.39 Å². The molecule has 1 aliphatic heterocycles. The lowest BCUT2D eigenvalue weighted by Crippen LogP contribution is -2.42. The van der Waals surface area contributed by atoms with Crippen LogP contribution in [0.1, 0.15) is 46.1 Å². The van der Waals surface area contributed by atoms with Crippen LogP contribution in [0.25, 0.3) is 11.0 Å². The van der Waals surface area contributed by atoms with Crippen LogP contribution in [-0.4, -0.2) is 42.1 Å². The molecule has 0 saturated heterocycles. The topological polar surface area (TPSA) is 92.8 Å². The molecule has 3 aromatic heterocycles. The summed E-state index contributed by atoms with van der Waals surface area (Å²) in [7, 11) is 1.35. The zero-order valence-electron chi connectivity index (χ0n) is 15.6. The van der Waals surface area contributed by atoms with Crippen LogP contribution >= 0.6 is 0 Å². The number of fused-ring (bicyclic) bond motifs is 2. The molecule has 154 valence electrons.